The molecule has 0 saturated heterocycles. The van der Waals surface area contributed by atoms with Crippen molar-refractivity contribution >= 4 is 11.7 Å². The highest BCUT2D eigenvalue weighted by Gasteiger charge is 2.27. The molecule has 1 aliphatic carbocycles. The number of nitrogens with two attached hydrogens (primary N) is 1. The minimum absolute atomic E-state index is 0.113. The zero-order valence-electron chi connectivity index (χ0n) is 10.2. The molecule has 0 aliphatic heterocycles. The third-order valence-electron chi connectivity index (χ3n) is 3.44. The summed E-state index contributed by atoms with van der Waals surface area (Å²) in [6, 6.07) is 5.87. The minimum atomic E-state index is 0.113. The molecule has 17 heavy (non-hydrogen) atoms. The van der Waals surface area contributed by atoms with Gasteiger partial charge in [-0.2, -0.15) is 0 Å². The average molecular weight is 233 g/mol. The van der Waals surface area contributed by atoms with E-state index in [4.69, 9.17) is 5.73 Å². The van der Waals surface area contributed by atoms with Crippen LogP contribution in [0, 0.1) is 5.92 Å². The first-order valence-corrected chi connectivity index (χ1v) is 6.12. The molecule has 2 N–H and O–H groups in total. The first kappa shape index (κ1) is 12.0. The Morgan fingerprint density at radius 1 is 1.35 bits per heavy atom. The van der Waals surface area contributed by atoms with Gasteiger partial charge in [-0.25, -0.2) is 4.98 Å². The van der Waals surface area contributed by atoms with Gasteiger partial charge in [0.05, 0.1) is 0 Å². The monoisotopic (exact) mass is 233 g/mol. The zero-order chi connectivity index (χ0) is 12.3. The number of anilines is 1. The molecule has 4 nitrogen and oxygen atoms in total. The summed E-state index contributed by atoms with van der Waals surface area (Å²) >= 11 is 0. The van der Waals surface area contributed by atoms with Crippen LogP contribution in [0.4, 0.5) is 5.82 Å². The van der Waals surface area contributed by atoms with Gasteiger partial charge in [0, 0.05) is 25.2 Å². The number of rotatable bonds is 2. The summed E-state index contributed by atoms with van der Waals surface area (Å²) in [7, 11) is 1.79. The van der Waals surface area contributed by atoms with E-state index < -0.39 is 0 Å². The van der Waals surface area contributed by atoms with E-state index in [2.05, 4.69) is 4.98 Å². The van der Waals surface area contributed by atoms with E-state index in [1.54, 1.807) is 18.1 Å². The van der Waals surface area contributed by atoms with Gasteiger partial charge >= 0.3 is 0 Å². The molecule has 1 aromatic heterocycles. The van der Waals surface area contributed by atoms with Gasteiger partial charge in [-0.05, 0) is 37.8 Å². The van der Waals surface area contributed by atoms with Crippen LogP contribution in [0.25, 0.3) is 0 Å². The van der Waals surface area contributed by atoms with Crippen LogP contribution in [-0.4, -0.2) is 24.0 Å². The second kappa shape index (κ2) is 5.27. The minimum Gasteiger partial charge on any atom is -0.328 e. The molecule has 1 heterocycles. The lowest BCUT2D eigenvalue weighted by Gasteiger charge is -2.28. The van der Waals surface area contributed by atoms with E-state index in [0.29, 0.717) is 5.82 Å². The lowest BCUT2D eigenvalue weighted by atomic mass is 9.85. The molecular formula is C13H19N3O. The number of aromatic nitrogens is 1. The smallest absolute Gasteiger partial charge is 0.230 e. The predicted octanol–water partition coefficient (Wildman–Crippen LogP) is 1.56. The van der Waals surface area contributed by atoms with Crippen molar-refractivity contribution in [3.05, 3.63) is 24.4 Å². The fourth-order valence-electron chi connectivity index (χ4n) is 2.31. The van der Waals surface area contributed by atoms with Gasteiger partial charge in [0.2, 0.25) is 5.91 Å². The summed E-state index contributed by atoms with van der Waals surface area (Å²) in [5, 5.41) is 0. The standard InChI is InChI=1S/C13H19N3O/c1-16(12-4-2-3-9-15-12)13(17)10-5-7-11(14)8-6-10/h2-4,9-11H,5-8,14H2,1H3. The Kier molecular flexibility index (Phi) is 3.74. The normalized spacial score (nSPS) is 24.4. The summed E-state index contributed by atoms with van der Waals surface area (Å²) in [5.74, 6) is 0.991. The molecule has 1 amide bonds. The van der Waals surface area contributed by atoms with Gasteiger partial charge in [-0.1, -0.05) is 6.07 Å². The van der Waals surface area contributed by atoms with E-state index in [0.717, 1.165) is 25.7 Å². The van der Waals surface area contributed by atoms with Crippen LogP contribution in [0.1, 0.15) is 25.7 Å². The fourth-order valence-corrected chi connectivity index (χ4v) is 2.31. The highest BCUT2D eigenvalue weighted by molar-refractivity contribution is 5.93. The SMILES string of the molecule is CN(C(=O)C1CCC(N)CC1)c1ccccn1. The number of amides is 1. The molecule has 1 saturated carbocycles. The Hall–Kier alpha value is -1.42. The molecule has 0 radical (unpaired) electrons. The molecular weight excluding hydrogens is 214 g/mol. The number of hydrogen-bond acceptors (Lipinski definition) is 3. The zero-order valence-corrected chi connectivity index (χ0v) is 10.2. The molecule has 4 heteroatoms. The van der Waals surface area contributed by atoms with Gasteiger partial charge in [0.15, 0.2) is 0 Å². The Labute approximate surface area is 102 Å². The molecule has 2 rings (SSSR count). The second-order valence-corrected chi connectivity index (χ2v) is 4.70. The molecule has 0 unspecified atom stereocenters. The van der Waals surface area contributed by atoms with E-state index in [1.807, 2.05) is 18.2 Å². The van der Waals surface area contributed by atoms with Crippen LogP contribution in [-0.2, 0) is 4.79 Å². The summed E-state index contributed by atoms with van der Waals surface area (Å²) in [6.45, 7) is 0. The van der Waals surface area contributed by atoms with Crippen molar-refractivity contribution in [2.24, 2.45) is 11.7 Å². The van der Waals surface area contributed by atoms with E-state index in [9.17, 15) is 4.79 Å². The lowest BCUT2D eigenvalue weighted by molar-refractivity contribution is -0.123. The van der Waals surface area contributed by atoms with E-state index in [-0.39, 0.29) is 17.9 Å². The predicted molar refractivity (Wildman–Crippen MR) is 67.6 cm³/mol. The van der Waals surface area contributed by atoms with Crippen molar-refractivity contribution in [3.8, 4) is 0 Å². The maximum atomic E-state index is 12.3. The first-order chi connectivity index (χ1) is 8.18. The number of nitrogens with zero attached hydrogens (tertiary/aromatic N) is 2. The first-order valence-electron chi connectivity index (χ1n) is 6.12. The van der Waals surface area contributed by atoms with Crippen molar-refractivity contribution in [2.45, 2.75) is 31.7 Å². The van der Waals surface area contributed by atoms with Crippen LogP contribution in [0.2, 0.25) is 0 Å². The molecule has 0 bridgehead atoms. The fraction of sp³-hybridized carbons (Fsp3) is 0.538. The highest BCUT2D eigenvalue weighted by atomic mass is 16.2. The molecule has 1 aliphatic rings. The Bertz CT molecular complexity index is 372. The Morgan fingerprint density at radius 3 is 2.65 bits per heavy atom. The van der Waals surface area contributed by atoms with Gasteiger partial charge in [-0.3, -0.25) is 9.69 Å². The molecule has 92 valence electrons. The summed E-state index contributed by atoms with van der Waals surface area (Å²) < 4.78 is 0. The lowest BCUT2D eigenvalue weighted by Crippen LogP contribution is -2.37. The van der Waals surface area contributed by atoms with Crippen LogP contribution in [0.3, 0.4) is 0 Å². The highest BCUT2D eigenvalue weighted by Crippen LogP contribution is 2.25. The van der Waals surface area contributed by atoms with Crippen molar-refractivity contribution in [3.63, 3.8) is 0 Å². The van der Waals surface area contributed by atoms with E-state index >= 15 is 0 Å². The van der Waals surface area contributed by atoms with Crippen molar-refractivity contribution < 1.29 is 4.79 Å². The molecule has 0 spiro atoms. The summed E-state index contributed by atoms with van der Waals surface area (Å²) in [5.41, 5.74) is 5.85. The van der Waals surface area contributed by atoms with Gasteiger partial charge < -0.3 is 5.73 Å². The van der Waals surface area contributed by atoms with Crippen LogP contribution < -0.4 is 10.6 Å². The Balaban J connectivity index is 2.00. The third-order valence-corrected chi connectivity index (χ3v) is 3.44. The van der Waals surface area contributed by atoms with Gasteiger partial charge in [0.25, 0.3) is 0 Å². The summed E-state index contributed by atoms with van der Waals surface area (Å²) in [4.78, 5) is 18.1. The van der Waals surface area contributed by atoms with Crippen molar-refractivity contribution in [2.75, 3.05) is 11.9 Å². The van der Waals surface area contributed by atoms with Crippen molar-refractivity contribution in [1.82, 2.24) is 4.98 Å². The molecule has 1 fully saturated rings. The largest absolute Gasteiger partial charge is 0.328 e. The average Bonchev–Trinajstić information content (AvgIpc) is 2.39. The van der Waals surface area contributed by atoms with Gasteiger partial charge in [-0.15, -0.1) is 0 Å². The quantitative estimate of drug-likeness (QED) is 0.843. The summed E-state index contributed by atoms with van der Waals surface area (Å²) in [6.07, 6.45) is 5.41. The van der Waals surface area contributed by atoms with Crippen molar-refractivity contribution in [1.29, 1.82) is 0 Å². The topological polar surface area (TPSA) is 59.2 Å². The maximum absolute atomic E-state index is 12.3. The second-order valence-electron chi connectivity index (χ2n) is 4.70. The number of hydrogen-bond donors (Lipinski definition) is 1. The van der Waals surface area contributed by atoms with E-state index in [1.165, 1.54) is 0 Å². The number of carbonyl (C=O) groups is 1. The Morgan fingerprint density at radius 2 is 2.06 bits per heavy atom. The van der Waals surface area contributed by atoms with Crippen LogP contribution in [0.5, 0.6) is 0 Å². The number of carbonyl (C=O) groups excluding carboxylic acids is 1. The third kappa shape index (κ3) is 2.82. The maximum Gasteiger partial charge on any atom is 0.230 e. The van der Waals surface area contributed by atoms with Gasteiger partial charge in [0.1, 0.15) is 5.82 Å². The van der Waals surface area contributed by atoms with Crippen LogP contribution in [0.15, 0.2) is 24.4 Å². The molecule has 0 atom stereocenters. The molecule has 0 aromatic carbocycles. The van der Waals surface area contributed by atoms with Crippen LogP contribution >= 0.6 is 0 Å². The molecule has 1 aromatic rings. The number of pyridine rings is 1.